The highest BCUT2D eigenvalue weighted by atomic mass is 35.5. The molecule has 4 heteroatoms. The van der Waals surface area contributed by atoms with Crippen molar-refractivity contribution in [3.8, 4) is 0 Å². The quantitative estimate of drug-likeness (QED) is 0.874. The molecule has 2 N–H and O–H groups in total. The van der Waals surface area contributed by atoms with Crippen LogP contribution in [0.1, 0.15) is 32.6 Å². The third kappa shape index (κ3) is 4.22. The van der Waals surface area contributed by atoms with Gasteiger partial charge < -0.3 is 10.2 Å². The molecule has 1 heterocycles. The Kier molecular flexibility index (Phi) is 5.23. The first-order chi connectivity index (χ1) is 9.16. The summed E-state index contributed by atoms with van der Waals surface area (Å²) in [4.78, 5) is 13.7. The minimum absolute atomic E-state index is 0.00813. The molecule has 19 heavy (non-hydrogen) atoms. The minimum atomic E-state index is 0.00813. The van der Waals surface area contributed by atoms with Gasteiger partial charge in [0.15, 0.2) is 6.04 Å². The van der Waals surface area contributed by atoms with E-state index in [1.165, 1.54) is 30.6 Å². The number of halogens is 1. The molecule has 104 valence electrons. The van der Waals surface area contributed by atoms with Crippen molar-refractivity contribution >= 4 is 23.2 Å². The fraction of sp³-hybridized carbons (Fsp3) is 0.533. The van der Waals surface area contributed by atoms with Gasteiger partial charge in [0, 0.05) is 10.7 Å². The first-order valence-electron chi connectivity index (χ1n) is 7.08. The van der Waals surface area contributed by atoms with Crippen molar-refractivity contribution < 1.29 is 9.69 Å². The molecule has 0 aromatic heterocycles. The van der Waals surface area contributed by atoms with E-state index in [4.69, 9.17) is 11.6 Å². The van der Waals surface area contributed by atoms with Crippen LogP contribution in [0.5, 0.6) is 0 Å². The zero-order chi connectivity index (χ0) is 13.7. The standard InChI is InChI=1S/C15H21ClN2O/c1-12(18-10-4-2-3-5-11-18)15(19)17-14-8-6-13(16)7-9-14/h6-9,12H,2-5,10-11H2,1H3,(H,17,19)/p+1/t12-/m1/s1. The number of anilines is 1. The summed E-state index contributed by atoms with van der Waals surface area (Å²) in [5.41, 5.74) is 0.815. The van der Waals surface area contributed by atoms with E-state index in [1.54, 1.807) is 12.1 Å². The smallest absolute Gasteiger partial charge is 0.282 e. The Balaban J connectivity index is 1.92. The lowest BCUT2D eigenvalue weighted by atomic mass is 10.2. The van der Waals surface area contributed by atoms with Crippen molar-refractivity contribution in [1.82, 2.24) is 0 Å². The Morgan fingerprint density at radius 3 is 2.32 bits per heavy atom. The van der Waals surface area contributed by atoms with Crippen LogP contribution in [0.4, 0.5) is 5.69 Å². The molecule has 0 radical (unpaired) electrons. The van der Waals surface area contributed by atoms with Crippen molar-refractivity contribution in [3.63, 3.8) is 0 Å². The summed E-state index contributed by atoms with van der Waals surface area (Å²) in [6.07, 6.45) is 5.06. The van der Waals surface area contributed by atoms with Crippen LogP contribution >= 0.6 is 11.6 Å². The fourth-order valence-electron chi connectivity index (χ4n) is 2.58. The molecular weight excluding hydrogens is 260 g/mol. The predicted molar refractivity (Wildman–Crippen MR) is 78.7 cm³/mol. The van der Waals surface area contributed by atoms with Crippen molar-refractivity contribution in [2.75, 3.05) is 18.4 Å². The zero-order valence-electron chi connectivity index (χ0n) is 11.4. The maximum absolute atomic E-state index is 12.2. The number of nitrogens with one attached hydrogen (secondary N) is 2. The van der Waals surface area contributed by atoms with E-state index in [0.29, 0.717) is 5.02 Å². The van der Waals surface area contributed by atoms with Crippen LogP contribution in [0.2, 0.25) is 5.02 Å². The average Bonchev–Trinajstić information content (AvgIpc) is 2.69. The first-order valence-corrected chi connectivity index (χ1v) is 7.45. The van der Waals surface area contributed by atoms with Crippen LogP contribution in [0.25, 0.3) is 0 Å². The third-order valence-corrected chi connectivity index (χ3v) is 4.12. The van der Waals surface area contributed by atoms with Crippen LogP contribution in [0, 0.1) is 0 Å². The van der Waals surface area contributed by atoms with Gasteiger partial charge in [0.25, 0.3) is 5.91 Å². The van der Waals surface area contributed by atoms with E-state index in [2.05, 4.69) is 5.32 Å². The van der Waals surface area contributed by atoms with Gasteiger partial charge in [0.1, 0.15) is 0 Å². The summed E-state index contributed by atoms with van der Waals surface area (Å²) < 4.78 is 0. The van der Waals surface area contributed by atoms with Gasteiger partial charge in [0.2, 0.25) is 0 Å². The number of quaternary nitrogens is 1. The first kappa shape index (κ1) is 14.4. The van der Waals surface area contributed by atoms with Crippen LogP contribution in [0.3, 0.4) is 0 Å². The normalized spacial score (nSPS) is 18.6. The summed E-state index contributed by atoms with van der Waals surface area (Å²) in [5, 5.41) is 3.65. The second kappa shape index (κ2) is 6.92. The minimum Gasteiger partial charge on any atom is -0.325 e. The lowest BCUT2D eigenvalue weighted by molar-refractivity contribution is -0.913. The Morgan fingerprint density at radius 1 is 1.16 bits per heavy atom. The summed E-state index contributed by atoms with van der Waals surface area (Å²) in [6.45, 7) is 4.23. The van der Waals surface area contributed by atoms with Gasteiger partial charge in [-0.1, -0.05) is 11.6 Å². The number of likely N-dealkylation sites (tertiary alicyclic amines) is 1. The maximum atomic E-state index is 12.2. The van der Waals surface area contributed by atoms with Crippen molar-refractivity contribution in [2.24, 2.45) is 0 Å². The van der Waals surface area contributed by atoms with Gasteiger partial charge >= 0.3 is 0 Å². The van der Waals surface area contributed by atoms with Gasteiger partial charge in [-0.15, -0.1) is 0 Å². The van der Waals surface area contributed by atoms with E-state index >= 15 is 0 Å². The van der Waals surface area contributed by atoms with Gasteiger partial charge in [0.05, 0.1) is 13.1 Å². The lowest BCUT2D eigenvalue weighted by Gasteiger charge is -2.23. The number of carbonyl (C=O) groups excluding carboxylic acids is 1. The highest BCUT2D eigenvalue weighted by Crippen LogP contribution is 2.13. The molecule has 0 aliphatic carbocycles. The second-order valence-corrected chi connectivity index (χ2v) is 5.73. The number of amides is 1. The molecule has 1 amide bonds. The SMILES string of the molecule is C[C@H](C(=O)Nc1ccc(Cl)cc1)[NH+]1CCCCCC1. The summed E-state index contributed by atoms with van der Waals surface area (Å²) in [5.74, 6) is 0.0965. The predicted octanol–water partition coefficient (Wildman–Crippen LogP) is 2.13. The number of benzene rings is 1. The van der Waals surface area contributed by atoms with Crippen LogP contribution in [0.15, 0.2) is 24.3 Å². The maximum Gasteiger partial charge on any atom is 0.282 e. The molecule has 1 atom stereocenters. The lowest BCUT2D eigenvalue weighted by Crippen LogP contribution is -3.16. The van der Waals surface area contributed by atoms with E-state index in [9.17, 15) is 4.79 Å². The van der Waals surface area contributed by atoms with Crippen molar-refractivity contribution in [3.05, 3.63) is 29.3 Å². The average molecular weight is 282 g/mol. The fourth-order valence-corrected chi connectivity index (χ4v) is 2.71. The monoisotopic (exact) mass is 281 g/mol. The topological polar surface area (TPSA) is 33.5 Å². The Labute approximate surface area is 119 Å². The summed E-state index contributed by atoms with van der Waals surface area (Å²) >= 11 is 5.83. The Hall–Kier alpha value is -1.06. The molecule has 1 aromatic carbocycles. The van der Waals surface area contributed by atoms with E-state index in [1.807, 2.05) is 19.1 Å². The Bertz CT molecular complexity index is 411. The number of rotatable bonds is 3. The van der Waals surface area contributed by atoms with Crippen LogP contribution < -0.4 is 10.2 Å². The van der Waals surface area contributed by atoms with E-state index < -0.39 is 0 Å². The molecule has 0 spiro atoms. The number of hydrogen-bond acceptors (Lipinski definition) is 1. The molecule has 0 bridgehead atoms. The van der Waals surface area contributed by atoms with E-state index in [-0.39, 0.29) is 11.9 Å². The van der Waals surface area contributed by atoms with Gasteiger partial charge in [-0.3, -0.25) is 4.79 Å². The number of hydrogen-bond donors (Lipinski definition) is 2. The van der Waals surface area contributed by atoms with Gasteiger partial charge in [-0.2, -0.15) is 0 Å². The molecule has 1 aliphatic rings. The number of carbonyl (C=O) groups is 1. The molecule has 1 aliphatic heterocycles. The molecule has 1 fully saturated rings. The third-order valence-electron chi connectivity index (χ3n) is 3.86. The summed E-state index contributed by atoms with van der Waals surface area (Å²) in [7, 11) is 0. The van der Waals surface area contributed by atoms with Crippen LogP contribution in [-0.2, 0) is 4.79 Å². The molecule has 1 aromatic rings. The Morgan fingerprint density at radius 2 is 1.74 bits per heavy atom. The van der Waals surface area contributed by atoms with E-state index in [0.717, 1.165) is 18.8 Å². The second-order valence-electron chi connectivity index (χ2n) is 5.29. The van der Waals surface area contributed by atoms with Gasteiger partial charge in [-0.05, 0) is 56.9 Å². The molecule has 2 rings (SSSR count). The largest absolute Gasteiger partial charge is 0.325 e. The van der Waals surface area contributed by atoms with Crippen molar-refractivity contribution in [2.45, 2.75) is 38.6 Å². The molecule has 0 saturated carbocycles. The van der Waals surface area contributed by atoms with Crippen LogP contribution in [-0.4, -0.2) is 25.0 Å². The zero-order valence-corrected chi connectivity index (χ0v) is 12.2. The molecule has 3 nitrogen and oxygen atoms in total. The highest BCUT2D eigenvalue weighted by Gasteiger charge is 2.25. The molecule has 0 unspecified atom stereocenters. The van der Waals surface area contributed by atoms with Crippen molar-refractivity contribution in [1.29, 1.82) is 0 Å². The summed E-state index contributed by atoms with van der Waals surface area (Å²) in [6, 6.07) is 7.27. The highest BCUT2D eigenvalue weighted by molar-refractivity contribution is 6.30. The molecular formula is C15H22ClN2O+. The molecule has 1 saturated heterocycles. The van der Waals surface area contributed by atoms with Gasteiger partial charge in [-0.25, -0.2) is 0 Å².